The average molecular weight is 504 g/mol. The lowest BCUT2D eigenvalue weighted by atomic mass is 9.94. The highest BCUT2D eigenvalue weighted by molar-refractivity contribution is 5.99. The highest BCUT2D eigenvalue weighted by Crippen LogP contribution is 2.34. The molecule has 0 aliphatic carbocycles. The zero-order chi connectivity index (χ0) is 26.5. The number of ether oxygens (including phenoxy) is 1. The number of hydrogen-bond acceptors (Lipinski definition) is 5. The summed E-state index contributed by atoms with van der Waals surface area (Å²) < 4.78 is 5.60. The van der Waals surface area contributed by atoms with Crippen LogP contribution in [-0.4, -0.2) is 41.8 Å². The second kappa shape index (κ2) is 11.8. The third-order valence-corrected chi connectivity index (χ3v) is 7.30. The molecule has 0 atom stereocenters. The number of hydrogen-bond donors (Lipinski definition) is 3. The lowest BCUT2D eigenvalue weighted by Gasteiger charge is -2.37. The fraction of sp³-hybridized carbons (Fsp3) is 0.400. The number of benzene rings is 2. The van der Waals surface area contributed by atoms with Gasteiger partial charge < -0.3 is 25.0 Å². The van der Waals surface area contributed by atoms with Gasteiger partial charge in [0.2, 0.25) is 0 Å². The van der Waals surface area contributed by atoms with E-state index in [0.29, 0.717) is 17.2 Å². The van der Waals surface area contributed by atoms with Gasteiger partial charge in [-0.15, -0.1) is 0 Å². The molecule has 0 spiro atoms. The first-order valence-electron chi connectivity index (χ1n) is 13.0. The van der Waals surface area contributed by atoms with Crippen molar-refractivity contribution in [2.75, 3.05) is 24.7 Å². The fourth-order valence-electron chi connectivity index (χ4n) is 5.19. The second-order valence-electron chi connectivity index (χ2n) is 9.78. The summed E-state index contributed by atoms with van der Waals surface area (Å²) in [5.41, 5.74) is 7.32. The Morgan fingerprint density at radius 3 is 2.41 bits per heavy atom. The van der Waals surface area contributed by atoms with Crippen LogP contribution >= 0.6 is 0 Å². The van der Waals surface area contributed by atoms with Crippen molar-refractivity contribution in [3.05, 3.63) is 86.3 Å². The van der Waals surface area contributed by atoms with E-state index in [9.17, 15) is 14.7 Å². The Bertz CT molecular complexity index is 1310. The maximum atomic E-state index is 13.6. The minimum absolute atomic E-state index is 0.0159. The number of aromatic nitrogens is 1. The number of anilines is 1. The van der Waals surface area contributed by atoms with Gasteiger partial charge in [0.1, 0.15) is 0 Å². The number of pyridine rings is 1. The average Bonchev–Trinajstić information content (AvgIpc) is 2.90. The lowest BCUT2D eigenvalue weighted by Crippen LogP contribution is -2.40. The van der Waals surface area contributed by atoms with Crippen molar-refractivity contribution >= 4 is 11.6 Å². The van der Waals surface area contributed by atoms with Crippen LogP contribution in [0.2, 0.25) is 0 Å². The van der Waals surface area contributed by atoms with Crippen molar-refractivity contribution < 1.29 is 14.6 Å². The van der Waals surface area contributed by atoms with E-state index < -0.39 is 0 Å². The monoisotopic (exact) mass is 503 g/mol. The third-order valence-electron chi connectivity index (χ3n) is 7.30. The van der Waals surface area contributed by atoms with Gasteiger partial charge in [-0.3, -0.25) is 9.59 Å². The van der Waals surface area contributed by atoms with Crippen molar-refractivity contribution in [2.45, 2.75) is 59.7 Å². The maximum absolute atomic E-state index is 13.6. The first-order chi connectivity index (χ1) is 17.8. The number of H-pyrrole nitrogens is 1. The summed E-state index contributed by atoms with van der Waals surface area (Å²) in [5.74, 6) is -0.213. The maximum Gasteiger partial charge on any atom is 0.253 e. The molecule has 0 unspecified atom stereocenters. The van der Waals surface area contributed by atoms with Crippen molar-refractivity contribution in [2.24, 2.45) is 0 Å². The summed E-state index contributed by atoms with van der Waals surface area (Å²) in [7, 11) is 0. The predicted octanol–water partition coefficient (Wildman–Crippen LogP) is 4.39. The van der Waals surface area contributed by atoms with Crippen LogP contribution in [-0.2, 0) is 17.9 Å². The van der Waals surface area contributed by atoms with Gasteiger partial charge >= 0.3 is 0 Å². The molecule has 0 bridgehead atoms. The first kappa shape index (κ1) is 26.6. The van der Waals surface area contributed by atoms with E-state index in [1.807, 2.05) is 57.2 Å². The minimum Gasteiger partial charge on any atom is -0.392 e. The summed E-state index contributed by atoms with van der Waals surface area (Å²) in [6, 6.07) is 14.1. The minimum atomic E-state index is -0.213. The summed E-state index contributed by atoms with van der Waals surface area (Å²) in [6.07, 6.45) is 1.89. The third kappa shape index (κ3) is 5.95. The smallest absolute Gasteiger partial charge is 0.253 e. The van der Waals surface area contributed by atoms with Gasteiger partial charge in [-0.1, -0.05) is 24.3 Å². The summed E-state index contributed by atoms with van der Waals surface area (Å²) in [6.45, 7) is 10.3. The van der Waals surface area contributed by atoms with E-state index in [1.165, 1.54) is 0 Å². The molecular weight excluding hydrogens is 466 g/mol. The van der Waals surface area contributed by atoms with Crippen LogP contribution in [0.3, 0.4) is 0 Å². The first-order valence-corrected chi connectivity index (χ1v) is 13.0. The number of carbonyl (C=O) groups is 1. The molecule has 37 heavy (non-hydrogen) atoms. The molecular formula is C30H37N3O4. The van der Waals surface area contributed by atoms with Crippen LogP contribution < -0.4 is 15.8 Å². The van der Waals surface area contributed by atoms with Gasteiger partial charge in [0.05, 0.1) is 6.61 Å². The number of nitrogens with one attached hydrogen (secondary N) is 2. The Morgan fingerprint density at radius 2 is 1.78 bits per heavy atom. The number of aromatic amines is 1. The summed E-state index contributed by atoms with van der Waals surface area (Å²) >= 11 is 0. The number of amides is 1. The normalized spacial score (nSPS) is 14.0. The number of nitrogens with zero attached hydrogens (tertiary/aromatic N) is 1. The Labute approximate surface area is 218 Å². The van der Waals surface area contributed by atoms with Gasteiger partial charge in [0, 0.05) is 54.9 Å². The van der Waals surface area contributed by atoms with Gasteiger partial charge in [0.25, 0.3) is 11.5 Å². The number of aryl methyl sites for hydroxylation is 2. The van der Waals surface area contributed by atoms with E-state index in [2.05, 4.69) is 28.2 Å². The molecule has 4 rings (SSSR count). The predicted molar refractivity (Wildman–Crippen MR) is 147 cm³/mol. The van der Waals surface area contributed by atoms with Crippen molar-refractivity contribution in [3.63, 3.8) is 0 Å². The largest absolute Gasteiger partial charge is 0.392 e. The number of rotatable bonds is 8. The summed E-state index contributed by atoms with van der Waals surface area (Å²) in [5, 5.41) is 12.4. The molecule has 196 valence electrons. The van der Waals surface area contributed by atoms with Gasteiger partial charge in [-0.25, -0.2) is 0 Å². The molecule has 3 N–H and O–H groups in total. The standard InChI is InChI=1S/C30H37N3O4/c1-5-33(25-10-12-37-13-11-25)28-16-24(23-8-6-22(18-34)7-9-23)15-26(21(28)4)29(35)31-17-27-19(2)14-20(3)32-30(27)36/h6-9,14-16,25,34H,5,10-13,17-18H2,1-4H3,(H,31,35)(H,32,36). The van der Waals surface area contributed by atoms with E-state index in [0.717, 1.165) is 71.8 Å². The Morgan fingerprint density at radius 1 is 1.08 bits per heavy atom. The van der Waals surface area contributed by atoms with Gasteiger partial charge in [-0.05, 0) is 86.6 Å². The Balaban J connectivity index is 1.73. The Hall–Kier alpha value is -3.42. The van der Waals surface area contributed by atoms with Gasteiger partial charge in [0.15, 0.2) is 0 Å². The second-order valence-corrected chi connectivity index (χ2v) is 9.78. The number of aliphatic hydroxyl groups excluding tert-OH is 1. The van der Waals surface area contributed by atoms with Crippen LogP contribution in [0.15, 0.2) is 47.3 Å². The number of aliphatic hydroxyl groups is 1. The van der Waals surface area contributed by atoms with Crippen molar-refractivity contribution in [3.8, 4) is 11.1 Å². The van der Waals surface area contributed by atoms with Crippen molar-refractivity contribution in [1.82, 2.24) is 10.3 Å². The molecule has 0 saturated carbocycles. The lowest BCUT2D eigenvalue weighted by molar-refractivity contribution is 0.0846. The molecule has 2 aromatic carbocycles. The summed E-state index contributed by atoms with van der Waals surface area (Å²) in [4.78, 5) is 31.2. The van der Waals surface area contributed by atoms with E-state index in [1.54, 1.807) is 0 Å². The van der Waals surface area contributed by atoms with Crippen LogP contribution in [0.1, 0.15) is 58.1 Å². The van der Waals surface area contributed by atoms with E-state index in [-0.39, 0.29) is 24.6 Å². The highest BCUT2D eigenvalue weighted by atomic mass is 16.5. The molecule has 1 aliphatic rings. The molecule has 1 aromatic heterocycles. The fourth-order valence-corrected chi connectivity index (χ4v) is 5.19. The molecule has 1 amide bonds. The van der Waals surface area contributed by atoms with Crippen LogP contribution in [0.25, 0.3) is 11.1 Å². The molecule has 7 nitrogen and oxygen atoms in total. The topological polar surface area (TPSA) is 94.7 Å². The molecule has 2 heterocycles. The van der Waals surface area contributed by atoms with E-state index in [4.69, 9.17) is 4.74 Å². The Kier molecular flexibility index (Phi) is 8.46. The molecule has 0 radical (unpaired) electrons. The van der Waals surface area contributed by atoms with Crippen LogP contribution in [0.5, 0.6) is 0 Å². The van der Waals surface area contributed by atoms with Gasteiger partial charge in [-0.2, -0.15) is 0 Å². The van der Waals surface area contributed by atoms with Crippen LogP contribution in [0, 0.1) is 20.8 Å². The zero-order valence-electron chi connectivity index (χ0n) is 22.2. The molecule has 1 aliphatic heterocycles. The SMILES string of the molecule is CCN(c1cc(-c2ccc(CO)cc2)cc(C(=O)NCc2c(C)cc(C)[nH]c2=O)c1C)C1CCOCC1. The quantitative estimate of drug-likeness (QED) is 0.424. The molecule has 1 fully saturated rings. The van der Waals surface area contributed by atoms with Crippen molar-refractivity contribution in [1.29, 1.82) is 0 Å². The highest BCUT2D eigenvalue weighted by Gasteiger charge is 2.25. The van der Waals surface area contributed by atoms with Crippen LogP contribution in [0.4, 0.5) is 5.69 Å². The zero-order valence-corrected chi connectivity index (χ0v) is 22.2. The molecule has 1 saturated heterocycles. The number of carbonyl (C=O) groups excluding carboxylic acids is 1. The molecule has 3 aromatic rings. The molecule has 7 heteroatoms. The van der Waals surface area contributed by atoms with E-state index >= 15 is 0 Å².